The van der Waals surface area contributed by atoms with E-state index in [1.807, 2.05) is 0 Å². The second-order valence-electron chi connectivity index (χ2n) is 6.09. The molecule has 2 heteroatoms. The summed E-state index contributed by atoms with van der Waals surface area (Å²) in [4.78, 5) is 0. The highest BCUT2D eigenvalue weighted by Crippen LogP contribution is 2.43. The average Bonchev–Trinajstić information content (AvgIpc) is 2.60. The maximum atomic E-state index is 9.87. The van der Waals surface area contributed by atoms with Crippen LogP contribution in [0.25, 0.3) is 0 Å². The number of quaternary nitrogens is 1. The van der Waals surface area contributed by atoms with E-state index < -0.39 is 0 Å². The molecular formula is C20H28NO+. The molecule has 22 heavy (non-hydrogen) atoms. The van der Waals surface area contributed by atoms with E-state index in [0.29, 0.717) is 0 Å². The number of nitrogens with zero attached hydrogens (tertiary/aromatic N) is 1. The van der Waals surface area contributed by atoms with Crippen molar-refractivity contribution in [3.63, 3.8) is 0 Å². The second kappa shape index (κ2) is 7.08. The molecule has 2 nitrogen and oxygen atoms in total. The van der Waals surface area contributed by atoms with Gasteiger partial charge in [-0.3, -0.25) is 0 Å². The van der Waals surface area contributed by atoms with E-state index in [4.69, 9.17) is 0 Å². The van der Waals surface area contributed by atoms with Gasteiger partial charge in [0.15, 0.2) is 5.54 Å². The molecule has 0 spiro atoms. The normalized spacial score (nSPS) is 12.4. The highest BCUT2D eigenvalue weighted by molar-refractivity contribution is 5.36. The third-order valence-electron chi connectivity index (χ3n) is 5.29. The number of aliphatic hydroxyl groups excluding tert-OH is 1. The lowest BCUT2D eigenvalue weighted by atomic mass is 9.76. The van der Waals surface area contributed by atoms with Crippen LogP contribution in [-0.4, -0.2) is 36.3 Å². The molecule has 0 aliphatic rings. The van der Waals surface area contributed by atoms with Crippen molar-refractivity contribution in [2.75, 3.05) is 26.7 Å². The number of benzene rings is 2. The molecule has 0 atom stereocenters. The van der Waals surface area contributed by atoms with Crippen LogP contribution in [-0.2, 0) is 5.54 Å². The summed E-state index contributed by atoms with van der Waals surface area (Å²) < 4.78 is 0.877. The third kappa shape index (κ3) is 2.69. The molecule has 0 aliphatic carbocycles. The minimum atomic E-state index is -0.221. The zero-order valence-corrected chi connectivity index (χ0v) is 14.0. The number of hydrogen-bond acceptors (Lipinski definition) is 1. The molecule has 2 aromatic rings. The van der Waals surface area contributed by atoms with Crippen LogP contribution in [0.4, 0.5) is 0 Å². The Kier molecular flexibility index (Phi) is 5.38. The zero-order chi connectivity index (χ0) is 16.1. The third-order valence-corrected chi connectivity index (χ3v) is 5.29. The molecular weight excluding hydrogens is 270 g/mol. The monoisotopic (exact) mass is 298 g/mol. The molecule has 0 heterocycles. The van der Waals surface area contributed by atoms with Gasteiger partial charge in [-0.2, -0.15) is 0 Å². The first-order valence-corrected chi connectivity index (χ1v) is 8.21. The van der Waals surface area contributed by atoms with Gasteiger partial charge in [0.1, 0.15) is 0 Å². The molecule has 118 valence electrons. The first-order chi connectivity index (χ1) is 10.6. The number of aliphatic hydroxyl groups is 1. The number of hydrogen-bond donors (Lipinski definition) is 1. The van der Waals surface area contributed by atoms with Gasteiger partial charge in [-0.1, -0.05) is 60.7 Å². The highest BCUT2D eigenvalue weighted by atomic mass is 16.3. The summed E-state index contributed by atoms with van der Waals surface area (Å²) in [6.45, 7) is 6.68. The molecule has 0 saturated carbocycles. The molecule has 0 fully saturated rings. The standard InChI is InChI=1S/C20H28NO/c1-4-21(3,5-2)20(16-17-22,18-12-8-6-9-13-18)19-14-10-7-11-15-19/h6-15,22H,4-5,16-17H2,1-3H3/q+1. The van der Waals surface area contributed by atoms with E-state index in [1.165, 1.54) is 11.1 Å². The van der Waals surface area contributed by atoms with Gasteiger partial charge >= 0.3 is 0 Å². The Morgan fingerprint density at radius 1 is 0.818 bits per heavy atom. The fourth-order valence-corrected chi connectivity index (χ4v) is 3.70. The smallest absolute Gasteiger partial charge is 0.152 e. The zero-order valence-electron chi connectivity index (χ0n) is 14.0. The van der Waals surface area contributed by atoms with E-state index in [2.05, 4.69) is 81.6 Å². The SMILES string of the molecule is CC[N+](C)(CC)C(CCO)(c1ccccc1)c1ccccc1. The van der Waals surface area contributed by atoms with E-state index in [-0.39, 0.29) is 12.1 Å². The Bertz CT molecular complexity index is 521. The van der Waals surface area contributed by atoms with Crippen LogP contribution >= 0.6 is 0 Å². The minimum Gasteiger partial charge on any atom is -0.396 e. The first-order valence-electron chi connectivity index (χ1n) is 8.21. The Labute approximate surface area is 134 Å². The van der Waals surface area contributed by atoms with Crippen molar-refractivity contribution >= 4 is 0 Å². The van der Waals surface area contributed by atoms with Crippen LogP contribution in [0.3, 0.4) is 0 Å². The molecule has 2 aromatic carbocycles. The summed E-state index contributed by atoms with van der Waals surface area (Å²) in [5.41, 5.74) is 2.34. The maximum absolute atomic E-state index is 9.87. The molecule has 2 rings (SSSR count). The molecule has 0 aliphatic heterocycles. The molecule has 0 aromatic heterocycles. The molecule has 0 amide bonds. The summed E-state index contributed by atoms with van der Waals surface area (Å²) in [5.74, 6) is 0. The fraction of sp³-hybridized carbons (Fsp3) is 0.400. The van der Waals surface area contributed by atoms with Gasteiger partial charge in [0.2, 0.25) is 0 Å². The van der Waals surface area contributed by atoms with Crippen molar-refractivity contribution < 1.29 is 9.59 Å². The highest BCUT2D eigenvalue weighted by Gasteiger charge is 2.48. The predicted octanol–water partition coefficient (Wildman–Crippen LogP) is 3.80. The maximum Gasteiger partial charge on any atom is 0.152 e. The van der Waals surface area contributed by atoms with Gasteiger partial charge in [-0.05, 0) is 13.8 Å². The molecule has 0 saturated heterocycles. The fourth-order valence-electron chi connectivity index (χ4n) is 3.70. The van der Waals surface area contributed by atoms with Crippen LogP contribution in [0.1, 0.15) is 31.4 Å². The quantitative estimate of drug-likeness (QED) is 0.771. The van der Waals surface area contributed by atoms with Gasteiger partial charge < -0.3 is 9.59 Å². The van der Waals surface area contributed by atoms with E-state index >= 15 is 0 Å². The summed E-state index contributed by atoms with van der Waals surface area (Å²) in [7, 11) is 2.30. The Hall–Kier alpha value is -1.64. The van der Waals surface area contributed by atoms with Gasteiger partial charge in [0.25, 0.3) is 0 Å². The number of rotatable bonds is 7. The van der Waals surface area contributed by atoms with Gasteiger partial charge in [-0.25, -0.2) is 0 Å². The lowest BCUT2D eigenvalue weighted by Crippen LogP contribution is -2.60. The molecule has 1 N–H and O–H groups in total. The van der Waals surface area contributed by atoms with Crippen LogP contribution in [0.2, 0.25) is 0 Å². The molecule has 0 unspecified atom stereocenters. The van der Waals surface area contributed by atoms with Crippen molar-refractivity contribution in [1.29, 1.82) is 0 Å². The van der Waals surface area contributed by atoms with Crippen LogP contribution in [0.15, 0.2) is 60.7 Å². The Morgan fingerprint density at radius 3 is 1.55 bits per heavy atom. The molecule has 0 bridgehead atoms. The lowest BCUT2D eigenvalue weighted by Gasteiger charge is -2.51. The molecule has 0 radical (unpaired) electrons. The predicted molar refractivity (Wildman–Crippen MR) is 92.6 cm³/mol. The topological polar surface area (TPSA) is 20.2 Å². The van der Waals surface area contributed by atoms with Gasteiger partial charge in [0, 0.05) is 24.2 Å². The second-order valence-corrected chi connectivity index (χ2v) is 6.09. The summed E-state index contributed by atoms with van der Waals surface area (Å²) in [6.07, 6.45) is 0.721. The van der Waals surface area contributed by atoms with E-state index in [0.717, 1.165) is 24.0 Å². The van der Waals surface area contributed by atoms with Crippen molar-refractivity contribution in [2.24, 2.45) is 0 Å². The van der Waals surface area contributed by atoms with Crippen molar-refractivity contribution in [3.05, 3.63) is 71.8 Å². The van der Waals surface area contributed by atoms with E-state index in [1.54, 1.807) is 0 Å². The first kappa shape index (κ1) is 16.7. The Morgan fingerprint density at radius 2 is 1.23 bits per heavy atom. The average molecular weight is 298 g/mol. The van der Waals surface area contributed by atoms with Crippen molar-refractivity contribution in [3.8, 4) is 0 Å². The van der Waals surface area contributed by atoms with E-state index in [9.17, 15) is 5.11 Å². The summed E-state index contributed by atoms with van der Waals surface area (Å²) in [5, 5.41) is 9.87. The minimum absolute atomic E-state index is 0.178. The lowest BCUT2D eigenvalue weighted by molar-refractivity contribution is -0.958. The van der Waals surface area contributed by atoms with Gasteiger partial charge in [-0.15, -0.1) is 0 Å². The Balaban J connectivity index is 2.76. The van der Waals surface area contributed by atoms with Crippen LogP contribution in [0.5, 0.6) is 0 Å². The van der Waals surface area contributed by atoms with Crippen LogP contribution < -0.4 is 0 Å². The van der Waals surface area contributed by atoms with Crippen molar-refractivity contribution in [1.82, 2.24) is 0 Å². The summed E-state index contributed by atoms with van der Waals surface area (Å²) >= 11 is 0. The van der Waals surface area contributed by atoms with Gasteiger partial charge in [0.05, 0.1) is 20.1 Å². The summed E-state index contributed by atoms with van der Waals surface area (Å²) in [6, 6.07) is 21.3. The van der Waals surface area contributed by atoms with Crippen molar-refractivity contribution in [2.45, 2.75) is 25.8 Å². The van der Waals surface area contributed by atoms with Crippen LogP contribution in [0, 0.1) is 0 Å². The largest absolute Gasteiger partial charge is 0.396 e.